The number of piperidine rings is 1. The predicted molar refractivity (Wildman–Crippen MR) is 58.0 cm³/mol. The summed E-state index contributed by atoms with van der Waals surface area (Å²) >= 11 is 3.33. The van der Waals surface area contributed by atoms with Gasteiger partial charge in [-0.05, 0) is 15.9 Å². The van der Waals surface area contributed by atoms with Gasteiger partial charge < -0.3 is 14.5 Å². The van der Waals surface area contributed by atoms with Crippen LogP contribution in [0.15, 0.2) is 5.16 Å². The van der Waals surface area contributed by atoms with Crippen molar-refractivity contribution in [1.82, 2.24) is 4.90 Å². The molecule has 0 bridgehead atoms. The van der Waals surface area contributed by atoms with Crippen LogP contribution in [0, 0.1) is 0 Å². The molecule has 15 heavy (non-hydrogen) atoms. The average molecular weight is 277 g/mol. The largest absolute Gasteiger partial charge is 0.453 e. The summed E-state index contributed by atoms with van der Waals surface area (Å²) in [6.45, 7) is 1.34. The molecule has 0 aromatic rings. The zero-order valence-electron chi connectivity index (χ0n) is 8.53. The smallest absolute Gasteiger partial charge is 0.409 e. The molecule has 1 amide bonds. The van der Waals surface area contributed by atoms with E-state index in [0.29, 0.717) is 13.1 Å². The van der Waals surface area contributed by atoms with Crippen LogP contribution in [0.1, 0.15) is 19.3 Å². The number of nitrogens with zero attached hydrogens (tertiary/aromatic N) is 2. The van der Waals surface area contributed by atoms with Crippen LogP contribution in [0.5, 0.6) is 0 Å². The van der Waals surface area contributed by atoms with E-state index < -0.39 is 0 Å². The molecule has 1 spiro atoms. The van der Waals surface area contributed by atoms with Crippen LogP contribution < -0.4 is 0 Å². The maximum absolute atomic E-state index is 11.3. The second-order valence-corrected chi connectivity index (χ2v) is 4.79. The summed E-state index contributed by atoms with van der Waals surface area (Å²) in [6.07, 6.45) is 2.16. The average Bonchev–Trinajstić information content (AvgIpc) is 2.60. The predicted octanol–water partition coefficient (Wildman–Crippen LogP) is 1.72. The van der Waals surface area contributed by atoms with E-state index in [1.807, 2.05) is 0 Å². The van der Waals surface area contributed by atoms with Crippen molar-refractivity contribution in [2.24, 2.45) is 5.16 Å². The summed E-state index contributed by atoms with van der Waals surface area (Å²) in [5, 5.41) is 3.90. The third-order valence-electron chi connectivity index (χ3n) is 2.91. The second-order valence-electron chi connectivity index (χ2n) is 3.88. The molecule has 0 unspecified atom stereocenters. The lowest BCUT2D eigenvalue weighted by Gasteiger charge is -2.36. The Morgan fingerprint density at radius 3 is 2.73 bits per heavy atom. The fourth-order valence-electron chi connectivity index (χ4n) is 1.97. The van der Waals surface area contributed by atoms with Gasteiger partial charge in [-0.1, -0.05) is 5.16 Å². The molecule has 5 nitrogen and oxygen atoms in total. The first-order valence-corrected chi connectivity index (χ1v) is 5.68. The minimum atomic E-state index is -0.261. The van der Waals surface area contributed by atoms with Gasteiger partial charge in [-0.3, -0.25) is 0 Å². The van der Waals surface area contributed by atoms with Crippen molar-refractivity contribution < 1.29 is 14.4 Å². The minimum absolute atomic E-state index is 0.191. The summed E-state index contributed by atoms with van der Waals surface area (Å²) in [4.78, 5) is 18.4. The molecule has 0 atom stereocenters. The number of hydrogen-bond donors (Lipinski definition) is 0. The van der Waals surface area contributed by atoms with Crippen molar-refractivity contribution in [3.63, 3.8) is 0 Å². The summed E-state index contributed by atoms with van der Waals surface area (Å²) in [5.41, 5.74) is -0.191. The first-order chi connectivity index (χ1) is 7.15. The van der Waals surface area contributed by atoms with Crippen LogP contribution in [0.25, 0.3) is 0 Å². The summed E-state index contributed by atoms with van der Waals surface area (Å²) in [7, 11) is 1.40. The van der Waals surface area contributed by atoms with Crippen molar-refractivity contribution in [2.45, 2.75) is 24.9 Å². The Morgan fingerprint density at radius 1 is 1.60 bits per heavy atom. The summed E-state index contributed by atoms with van der Waals surface area (Å²) in [6, 6.07) is 0. The first-order valence-electron chi connectivity index (χ1n) is 4.89. The van der Waals surface area contributed by atoms with E-state index in [0.717, 1.165) is 23.9 Å². The van der Waals surface area contributed by atoms with Crippen molar-refractivity contribution in [1.29, 1.82) is 0 Å². The first kappa shape index (κ1) is 10.7. The van der Waals surface area contributed by atoms with Gasteiger partial charge in [0.15, 0.2) is 0 Å². The van der Waals surface area contributed by atoms with Crippen molar-refractivity contribution in [3.05, 3.63) is 0 Å². The standard InChI is InChI=1S/C9H13BrN2O3/c1-14-8(13)12-4-2-9(3-5-12)6-7(10)11-15-9/h2-6H2,1H3. The molecule has 0 aliphatic carbocycles. The maximum Gasteiger partial charge on any atom is 0.409 e. The molecule has 6 heteroatoms. The number of oxime groups is 1. The normalized spacial score (nSPS) is 23.6. The monoisotopic (exact) mass is 276 g/mol. The summed E-state index contributed by atoms with van der Waals surface area (Å²) in [5.74, 6) is 0. The third kappa shape index (κ3) is 2.09. The number of amides is 1. The van der Waals surface area contributed by atoms with Crippen LogP contribution in [-0.2, 0) is 9.57 Å². The number of ether oxygens (including phenoxy) is 1. The van der Waals surface area contributed by atoms with Gasteiger partial charge in [-0.25, -0.2) is 4.79 Å². The van der Waals surface area contributed by atoms with E-state index in [2.05, 4.69) is 25.8 Å². The summed E-state index contributed by atoms with van der Waals surface area (Å²) < 4.78 is 5.53. The molecular formula is C9H13BrN2O3. The van der Waals surface area contributed by atoms with E-state index in [-0.39, 0.29) is 11.7 Å². The van der Waals surface area contributed by atoms with Gasteiger partial charge in [0.1, 0.15) is 10.2 Å². The highest BCUT2D eigenvalue weighted by molar-refractivity contribution is 9.18. The molecular weight excluding hydrogens is 264 g/mol. The molecule has 2 aliphatic heterocycles. The van der Waals surface area contributed by atoms with Crippen LogP contribution in [-0.4, -0.2) is 41.4 Å². The van der Waals surface area contributed by atoms with Crippen LogP contribution in [0.3, 0.4) is 0 Å². The molecule has 84 valence electrons. The highest BCUT2D eigenvalue weighted by Gasteiger charge is 2.42. The van der Waals surface area contributed by atoms with Gasteiger partial charge in [0.05, 0.1) is 7.11 Å². The lowest BCUT2D eigenvalue weighted by atomic mass is 9.89. The number of halogens is 1. The van der Waals surface area contributed by atoms with Gasteiger partial charge in [-0.15, -0.1) is 0 Å². The van der Waals surface area contributed by atoms with Crippen LogP contribution >= 0.6 is 15.9 Å². The molecule has 0 N–H and O–H groups in total. The number of carbonyl (C=O) groups is 1. The molecule has 0 aromatic heterocycles. The molecule has 2 heterocycles. The highest BCUT2D eigenvalue weighted by Crippen LogP contribution is 2.35. The molecule has 0 saturated carbocycles. The van der Waals surface area contributed by atoms with Crippen LogP contribution in [0.4, 0.5) is 4.79 Å². The lowest BCUT2D eigenvalue weighted by molar-refractivity contribution is -0.0584. The van der Waals surface area contributed by atoms with Gasteiger partial charge >= 0.3 is 6.09 Å². The zero-order chi connectivity index (χ0) is 10.9. The Morgan fingerprint density at radius 2 is 2.27 bits per heavy atom. The maximum atomic E-state index is 11.3. The van der Waals surface area contributed by atoms with Crippen molar-refractivity contribution in [2.75, 3.05) is 20.2 Å². The van der Waals surface area contributed by atoms with E-state index in [1.165, 1.54) is 7.11 Å². The Kier molecular flexibility index (Phi) is 2.86. The fourth-order valence-corrected chi connectivity index (χ4v) is 2.55. The van der Waals surface area contributed by atoms with Crippen molar-refractivity contribution in [3.8, 4) is 0 Å². The van der Waals surface area contributed by atoms with Gasteiger partial charge in [-0.2, -0.15) is 0 Å². The Bertz CT molecular complexity index is 298. The zero-order valence-corrected chi connectivity index (χ0v) is 10.1. The molecule has 1 fully saturated rings. The molecule has 0 radical (unpaired) electrons. The number of hydrogen-bond acceptors (Lipinski definition) is 4. The Labute approximate surface area is 96.5 Å². The fraction of sp³-hybridized carbons (Fsp3) is 0.778. The highest BCUT2D eigenvalue weighted by atomic mass is 79.9. The minimum Gasteiger partial charge on any atom is -0.453 e. The Hall–Kier alpha value is -0.780. The van der Waals surface area contributed by atoms with E-state index in [9.17, 15) is 4.79 Å². The number of rotatable bonds is 0. The topological polar surface area (TPSA) is 51.1 Å². The molecule has 0 aromatic carbocycles. The number of carbonyl (C=O) groups excluding carboxylic acids is 1. The van der Waals surface area contributed by atoms with Gasteiger partial charge in [0.25, 0.3) is 0 Å². The lowest BCUT2D eigenvalue weighted by Crippen LogP contribution is -2.46. The quantitative estimate of drug-likeness (QED) is 0.677. The number of methoxy groups -OCH3 is 1. The van der Waals surface area contributed by atoms with Crippen LogP contribution in [0.2, 0.25) is 0 Å². The van der Waals surface area contributed by atoms with Gasteiger partial charge in [0.2, 0.25) is 0 Å². The molecule has 2 aliphatic rings. The van der Waals surface area contributed by atoms with Gasteiger partial charge in [0, 0.05) is 32.4 Å². The second kappa shape index (κ2) is 4.00. The molecule has 1 saturated heterocycles. The number of likely N-dealkylation sites (tertiary alicyclic amines) is 1. The van der Waals surface area contributed by atoms with E-state index in [1.54, 1.807) is 4.90 Å². The Balaban J connectivity index is 1.90. The van der Waals surface area contributed by atoms with Crippen molar-refractivity contribution >= 4 is 26.6 Å². The van der Waals surface area contributed by atoms with E-state index >= 15 is 0 Å². The van der Waals surface area contributed by atoms with E-state index in [4.69, 9.17) is 4.84 Å². The molecule has 2 rings (SSSR count). The SMILES string of the molecule is COC(=O)N1CCC2(CC1)CC(Br)=NO2. The third-order valence-corrected chi connectivity index (χ3v) is 3.34.